The quantitative estimate of drug-likeness (QED) is 0.841. The minimum absolute atomic E-state index is 0.0751. The van der Waals surface area contributed by atoms with Crippen molar-refractivity contribution in [2.45, 2.75) is 26.3 Å². The lowest BCUT2D eigenvalue weighted by Gasteiger charge is -2.13. The van der Waals surface area contributed by atoms with Gasteiger partial charge >= 0.3 is 0 Å². The number of halogens is 1. The molecule has 0 aliphatic carbocycles. The summed E-state index contributed by atoms with van der Waals surface area (Å²) in [5.41, 5.74) is 1.32. The fourth-order valence-corrected chi connectivity index (χ4v) is 2.77. The van der Waals surface area contributed by atoms with Gasteiger partial charge in [0.15, 0.2) is 0 Å². The third-order valence-electron chi connectivity index (χ3n) is 3.01. The Morgan fingerprint density at radius 1 is 1.43 bits per heavy atom. The van der Waals surface area contributed by atoms with Crippen LogP contribution in [-0.4, -0.2) is 17.4 Å². The summed E-state index contributed by atoms with van der Waals surface area (Å²) in [6.07, 6.45) is 0.987. The molecule has 2 aromatic rings. The van der Waals surface area contributed by atoms with Crippen LogP contribution in [0, 0.1) is 0 Å². The molecule has 0 radical (unpaired) electrons. The molecule has 0 saturated carbocycles. The fraction of sp³-hybridized carbons (Fsp3) is 0.333. The Morgan fingerprint density at radius 2 is 2.24 bits per heavy atom. The first-order valence-corrected chi connectivity index (χ1v) is 8.17. The summed E-state index contributed by atoms with van der Waals surface area (Å²) < 4.78 is 0. The summed E-state index contributed by atoms with van der Waals surface area (Å²) in [4.78, 5) is 16.6. The fourth-order valence-electron chi connectivity index (χ4n) is 1.82. The monoisotopic (exact) mass is 323 g/mol. The molecule has 1 unspecified atom stereocenters. The third-order valence-corrected chi connectivity index (χ3v) is 4.01. The highest BCUT2D eigenvalue weighted by molar-refractivity contribution is 7.07. The number of hydrogen-bond donors (Lipinski definition) is 2. The maximum atomic E-state index is 12.3. The summed E-state index contributed by atoms with van der Waals surface area (Å²) in [6.45, 7) is 4.81. The number of thiophene rings is 1. The summed E-state index contributed by atoms with van der Waals surface area (Å²) in [6, 6.07) is 5.38. The van der Waals surface area contributed by atoms with Crippen molar-refractivity contribution in [2.24, 2.45) is 0 Å². The number of amides is 1. The maximum Gasteiger partial charge on any atom is 0.271 e. The number of nitrogens with one attached hydrogen (secondary N) is 2. The van der Waals surface area contributed by atoms with E-state index in [1.54, 1.807) is 23.5 Å². The molecule has 0 bridgehead atoms. The number of carbonyl (C=O) groups excluding carboxylic acids is 1. The predicted octanol–water partition coefficient (Wildman–Crippen LogP) is 4.11. The highest BCUT2D eigenvalue weighted by Gasteiger charge is 2.16. The summed E-state index contributed by atoms with van der Waals surface area (Å²) in [5, 5.41) is 10.4. The molecule has 4 nitrogen and oxygen atoms in total. The average Bonchev–Trinajstić information content (AvgIpc) is 3.00. The molecule has 1 amide bonds. The van der Waals surface area contributed by atoms with E-state index < -0.39 is 0 Å². The first kappa shape index (κ1) is 15.8. The molecular formula is C15H18ClN3OS. The molecule has 6 heteroatoms. The Kier molecular flexibility index (Phi) is 5.59. The van der Waals surface area contributed by atoms with E-state index in [4.69, 9.17) is 11.6 Å². The minimum Gasteiger partial charge on any atom is -0.370 e. The first-order valence-electron chi connectivity index (χ1n) is 6.85. The van der Waals surface area contributed by atoms with Crippen molar-refractivity contribution in [2.75, 3.05) is 11.9 Å². The van der Waals surface area contributed by atoms with Crippen LogP contribution in [-0.2, 0) is 0 Å². The number of anilines is 1. The molecule has 1 atom stereocenters. The second-order valence-electron chi connectivity index (χ2n) is 4.71. The molecule has 2 rings (SSSR count). The van der Waals surface area contributed by atoms with Gasteiger partial charge in [0.1, 0.15) is 11.5 Å². The van der Waals surface area contributed by atoms with Crippen LogP contribution in [0.3, 0.4) is 0 Å². The largest absolute Gasteiger partial charge is 0.370 e. The second kappa shape index (κ2) is 7.43. The first-order chi connectivity index (χ1) is 10.1. The van der Waals surface area contributed by atoms with Gasteiger partial charge in [0.25, 0.3) is 5.91 Å². The molecule has 2 aromatic heterocycles. The molecule has 0 fully saturated rings. The van der Waals surface area contributed by atoms with Gasteiger partial charge in [-0.15, -0.1) is 0 Å². The van der Waals surface area contributed by atoms with Gasteiger partial charge in [0, 0.05) is 6.54 Å². The molecule has 2 N–H and O–H groups in total. The van der Waals surface area contributed by atoms with Gasteiger partial charge in [-0.1, -0.05) is 18.5 Å². The maximum absolute atomic E-state index is 12.3. The van der Waals surface area contributed by atoms with Crippen LogP contribution in [0.5, 0.6) is 0 Å². The van der Waals surface area contributed by atoms with Gasteiger partial charge in [-0.05, 0) is 47.9 Å². The molecule has 0 aliphatic rings. The zero-order valence-corrected chi connectivity index (χ0v) is 13.6. The van der Waals surface area contributed by atoms with Crippen molar-refractivity contribution in [1.29, 1.82) is 0 Å². The standard InChI is InChI=1S/C15H18ClN3OS/c1-3-7-17-13-5-4-12(16)14(19-13)15(20)18-10(2)11-6-8-21-9-11/h4-6,8-10H,3,7H2,1-2H3,(H,17,19)(H,18,20). The van der Waals surface area contributed by atoms with Crippen LogP contribution >= 0.6 is 22.9 Å². The van der Waals surface area contributed by atoms with Crippen LogP contribution in [0.25, 0.3) is 0 Å². The van der Waals surface area contributed by atoms with Crippen molar-refractivity contribution >= 4 is 34.7 Å². The van der Waals surface area contributed by atoms with E-state index in [1.807, 2.05) is 23.8 Å². The van der Waals surface area contributed by atoms with E-state index in [0.717, 1.165) is 18.5 Å². The van der Waals surface area contributed by atoms with Crippen LogP contribution in [0.15, 0.2) is 29.0 Å². The Labute approximate surface area is 133 Å². The average molecular weight is 324 g/mol. The van der Waals surface area contributed by atoms with Crippen LogP contribution in [0.1, 0.15) is 42.4 Å². The van der Waals surface area contributed by atoms with Crippen molar-refractivity contribution < 1.29 is 4.79 Å². The highest BCUT2D eigenvalue weighted by atomic mass is 35.5. The highest BCUT2D eigenvalue weighted by Crippen LogP contribution is 2.20. The van der Waals surface area contributed by atoms with E-state index in [0.29, 0.717) is 10.8 Å². The predicted molar refractivity (Wildman–Crippen MR) is 88.2 cm³/mol. The van der Waals surface area contributed by atoms with Crippen LogP contribution < -0.4 is 10.6 Å². The Hall–Kier alpha value is -1.59. The molecule has 21 heavy (non-hydrogen) atoms. The lowest BCUT2D eigenvalue weighted by Crippen LogP contribution is -2.27. The molecule has 0 aromatic carbocycles. The van der Waals surface area contributed by atoms with Crippen molar-refractivity contribution in [3.8, 4) is 0 Å². The van der Waals surface area contributed by atoms with Crippen molar-refractivity contribution in [3.05, 3.63) is 45.2 Å². The number of pyridine rings is 1. The second-order valence-corrected chi connectivity index (χ2v) is 5.89. The normalized spacial score (nSPS) is 12.0. The lowest BCUT2D eigenvalue weighted by atomic mass is 10.2. The Morgan fingerprint density at radius 3 is 2.90 bits per heavy atom. The number of aromatic nitrogens is 1. The van der Waals surface area contributed by atoms with Gasteiger partial charge in [-0.3, -0.25) is 4.79 Å². The van der Waals surface area contributed by atoms with Gasteiger partial charge in [-0.2, -0.15) is 11.3 Å². The van der Waals surface area contributed by atoms with Gasteiger partial charge in [-0.25, -0.2) is 4.98 Å². The van der Waals surface area contributed by atoms with Crippen molar-refractivity contribution in [1.82, 2.24) is 10.3 Å². The van der Waals surface area contributed by atoms with E-state index >= 15 is 0 Å². The zero-order chi connectivity index (χ0) is 15.2. The number of nitrogens with zero attached hydrogens (tertiary/aromatic N) is 1. The van der Waals surface area contributed by atoms with Gasteiger partial charge in [0.2, 0.25) is 0 Å². The summed E-state index contributed by atoms with van der Waals surface area (Å²) >= 11 is 7.69. The SMILES string of the molecule is CCCNc1ccc(Cl)c(C(=O)NC(C)c2ccsc2)n1. The van der Waals surface area contributed by atoms with Gasteiger partial charge < -0.3 is 10.6 Å². The van der Waals surface area contributed by atoms with E-state index in [2.05, 4.69) is 22.5 Å². The number of rotatable bonds is 6. The third kappa shape index (κ3) is 4.19. The lowest BCUT2D eigenvalue weighted by molar-refractivity contribution is 0.0935. The van der Waals surface area contributed by atoms with Crippen LogP contribution in [0.4, 0.5) is 5.82 Å². The molecule has 2 heterocycles. The number of carbonyl (C=O) groups is 1. The van der Waals surface area contributed by atoms with Crippen molar-refractivity contribution in [3.63, 3.8) is 0 Å². The minimum atomic E-state index is -0.265. The smallest absolute Gasteiger partial charge is 0.271 e. The molecule has 112 valence electrons. The summed E-state index contributed by atoms with van der Waals surface area (Å²) in [5.74, 6) is 0.397. The Balaban J connectivity index is 2.10. The van der Waals surface area contributed by atoms with Gasteiger partial charge in [0.05, 0.1) is 11.1 Å². The molecule has 0 spiro atoms. The number of hydrogen-bond acceptors (Lipinski definition) is 4. The molecular weight excluding hydrogens is 306 g/mol. The topological polar surface area (TPSA) is 54.0 Å². The van der Waals surface area contributed by atoms with Crippen LogP contribution in [0.2, 0.25) is 5.02 Å². The molecule has 0 saturated heterocycles. The van der Waals surface area contributed by atoms with E-state index in [1.165, 1.54) is 0 Å². The zero-order valence-electron chi connectivity index (χ0n) is 12.0. The van der Waals surface area contributed by atoms with E-state index in [9.17, 15) is 4.79 Å². The molecule has 0 aliphatic heterocycles. The summed E-state index contributed by atoms with van der Waals surface area (Å²) in [7, 11) is 0. The van der Waals surface area contributed by atoms with E-state index in [-0.39, 0.29) is 17.6 Å². The Bertz CT molecular complexity index is 601.